The largest absolute Gasteiger partial charge is 0.359 e. The predicted octanol–water partition coefficient (Wildman–Crippen LogP) is 2.27. The van der Waals surface area contributed by atoms with Crippen LogP contribution in [-0.2, 0) is 13.0 Å². The van der Waals surface area contributed by atoms with Gasteiger partial charge < -0.3 is 10.2 Å². The zero-order chi connectivity index (χ0) is 14.2. The lowest BCUT2D eigenvalue weighted by Crippen LogP contribution is -2.22. The highest BCUT2D eigenvalue weighted by Crippen LogP contribution is 2.10. The minimum atomic E-state index is 0.822. The van der Waals surface area contributed by atoms with E-state index >= 15 is 0 Å². The SMILES string of the molecule is CCNCc1cccc(N(C)CCc2ccncc2)n1. The molecule has 0 atom stereocenters. The molecule has 20 heavy (non-hydrogen) atoms. The van der Waals surface area contributed by atoms with Crippen LogP contribution in [0.3, 0.4) is 0 Å². The van der Waals surface area contributed by atoms with Crippen LogP contribution in [0.1, 0.15) is 18.2 Å². The van der Waals surface area contributed by atoms with Crippen molar-refractivity contribution in [3.63, 3.8) is 0 Å². The van der Waals surface area contributed by atoms with Gasteiger partial charge in [-0.15, -0.1) is 0 Å². The Morgan fingerprint density at radius 2 is 1.95 bits per heavy atom. The summed E-state index contributed by atoms with van der Waals surface area (Å²) in [5, 5.41) is 3.30. The monoisotopic (exact) mass is 270 g/mol. The van der Waals surface area contributed by atoms with Gasteiger partial charge in [0, 0.05) is 32.5 Å². The molecule has 4 heteroatoms. The molecule has 2 rings (SSSR count). The second-order valence-electron chi connectivity index (χ2n) is 4.79. The van der Waals surface area contributed by atoms with E-state index in [2.05, 4.69) is 64.5 Å². The molecule has 0 saturated heterocycles. The van der Waals surface area contributed by atoms with Crippen molar-refractivity contribution in [3.05, 3.63) is 54.0 Å². The van der Waals surface area contributed by atoms with Crippen molar-refractivity contribution in [2.75, 3.05) is 25.0 Å². The van der Waals surface area contributed by atoms with E-state index in [1.165, 1.54) is 5.56 Å². The second-order valence-corrected chi connectivity index (χ2v) is 4.79. The lowest BCUT2D eigenvalue weighted by molar-refractivity contribution is 0.708. The number of pyridine rings is 2. The van der Waals surface area contributed by atoms with Crippen molar-refractivity contribution >= 4 is 5.82 Å². The molecule has 0 aliphatic rings. The molecule has 2 heterocycles. The first-order chi connectivity index (χ1) is 9.79. The summed E-state index contributed by atoms with van der Waals surface area (Å²) in [4.78, 5) is 10.9. The van der Waals surface area contributed by atoms with Crippen molar-refractivity contribution in [2.24, 2.45) is 0 Å². The van der Waals surface area contributed by atoms with Gasteiger partial charge >= 0.3 is 0 Å². The van der Waals surface area contributed by atoms with Gasteiger partial charge in [-0.1, -0.05) is 13.0 Å². The van der Waals surface area contributed by atoms with Gasteiger partial charge in [0.2, 0.25) is 0 Å². The molecule has 0 aromatic carbocycles. The van der Waals surface area contributed by atoms with Crippen LogP contribution in [0.4, 0.5) is 5.82 Å². The minimum Gasteiger partial charge on any atom is -0.359 e. The standard InChI is InChI=1S/C16H22N4/c1-3-17-13-15-5-4-6-16(19-15)20(2)12-9-14-7-10-18-11-8-14/h4-8,10-11,17H,3,9,12-13H2,1-2H3. The van der Waals surface area contributed by atoms with Crippen LogP contribution < -0.4 is 10.2 Å². The zero-order valence-corrected chi connectivity index (χ0v) is 12.2. The molecule has 2 aromatic rings. The second kappa shape index (κ2) is 7.60. The fraction of sp³-hybridized carbons (Fsp3) is 0.375. The number of hydrogen-bond donors (Lipinski definition) is 1. The third kappa shape index (κ3) is 4.31. The fourth-order valence-corrected chi connectivity index (χ4v) is 1.99. The Kier molecular flexibility index (Phi) is 5.50. The lowest BCUT2D eigenvalue weighted by Gasteiger charge is -2.18. The molecule has 1 N–H and O–H groups in total. The van der Waals surface area contributed by atoms with E-state index in [0.29, 0.717) is 0 Å². The third-order valence-corrected chi connectivity index (χ3v) is 3.22. The molecule has 0 bridgehead atoms. The van der Waals surface area contributed by atoms with Crippen LogP contribution in [0.15, 0.2) is 42.7 Å². The smallest absolute Gasteiger partial charge is 0.128 e. The predicted molar refractivity (Wildman–Crippen MR) is 82.8 cm³/mol. The number of likely N-dealkylation sites (N-methyl/N-ethyl adjacent to an activating group) is 1. The van der Waals surface area contributed by atoms with Crippen molar-refractivity contribution in [2.45, 2.75) is 19.9 Å². The van der Waals surface area contributed by atoms with Crippen molar-refractivity contribution in [3.8, 4) is 0 Å². The van der Waals surface area contributed by atoms with Crippen LogP contribution in [0.2, 0.25) is 0 Å². The molecule has 106 valence electrons. The Hall–Kier alpha value is -1.94. The van der Waals surface area contributed by atoms with Gasteiger partial charge in [-0.25, -0.2) is 4.98 Å². The number of anilines is 1. The number of rotatable bonds is 7. The van der Waals surface area contributed by atoms with Crippen LogP contribution in [-0.4, -0.2) is 30.1 Å². The molecule has 0 radical (unpaired) electrons. The maximum absolute atomic E-state index is 4.67. The molecular weight excluding hydrogens is 248 g/mol. The summed E-state index contributed by atoms with van der Waals surface area (Å²) in [6, 6.07) is 10.3. The summed E-state index contributed by atoms with van der Waals surface area (Å²) >= 11 is 0. The van der Waals surface area contributed by atoms with E-state index in [1.807, 2.05) is 12.4 Å². The van der Waals surface area contributed by atoms with E-state index in [0.717, 1.165) is 37.6 Å². The Morgan fingerprint density at radius 1 is 1.15 bits per heavy atom. The third-order valence-electron chi connectivity index (χ3n) is 3.22. The van der Waals surface area contributed by atoms with Gasteiger partial charge in [-0.3, -0.25) is 4.98 Å². The normalized spacial score (nSPS) is 10.5. The van der Waals surface area contributed by atoms with Gasteiger partial charge in [0.05, 0.1) is 5.69 Å². The van der Waals surface area contributed by atoms with Crippen LogP contribution in [0.5, 0.6) is 0 Å². The lowest BCUT2D eigenvalue weighted by atomic mass is 10.2. The van der Waals surface area contributed by atoms with Gasteiger partial charge in [-0.05, 0) is 42.8 Å². The highest BCUT2D eigenvalue weighted by atomic mass is 15.2. The maximum Gasteiger partial charge on any atom is 0.128 e. The summed E-state index contributed by atoms with van der Waals surface area (Å²) in [6.07, 6.45) is 4.67. The summed E-state index contributed by atoms with van der Waals surface area (Å²) in [7, 11) is 2.08. The summed E-state index contributed by atoms with van der Waals surface area (Å²) in [5.41, 5.74) is 2.38. The van der Waals surface area contributed by atoms with Gasteiger partial charge in [0.1, 0.15) is 5.82 Å². The molecule has 2 aromatic heterocycles. The summed E-state index contributed by atoms with van der Waals surface area (Å²) in [6.45, 7) is 4.83. The number of aromatic nitrogens is 2. The molecular formula is C16H22N4. The molecule has 0 amide bonds. The van der Waals surface area contributed by atoms with E-state index < -0.39 is 0 Å². The number of hydrogen-bond acceptors (Lipinski definition) is 4. The van der Waals surface area contributed by atoms with Crippen LogP contribution in [0, 0.1) is 0 Å². The Labute approximate surface area is 120 Å². The Morgan fingerprint density at radius 3 is 2.70 bits per heavy atom. The molecule has 0 unspecified atom stereocenters. The molecule has 0 aliphatic carbocycles. The fourth-order valence-electron chi connectivity index (χ4n) is 1.99. The molecule has 0 saturated carbocycles. The quantitative estimate of drug-likeness (QED) is 0.838. The highest BCUT2D eigenvalue weighted by molar-refractivity contribution is 5.38. The topological polar surface area (TPSA) is 41.0 Å². The highest BCUT2D eigenvalue weighted by Gasteiger charge is 2.04. The Balaban J connectivity index is 1.93. The maximum atomic E-state index is 4.67. The first-order valence-electron chi connectivity index (χ1n) is 7.06. The average Bonchev–Trinajstić information content (AvgIpc) is 2.52. The van der Waals surface area contributed by atoms with Gasteiger partial charge in [-0.2, -0.15) is 0 Å². The first-order valence-corrected chi connectivity index (χ1v) is 7.06. The van der Waals surface area contributed by atoms with Crippen molar-refractivity contribution in [1.29, 1.82) is 0 Å². The first kappa shape index (κ1) is 14.5. The van der Waals surface area contributed by atoms with Crippen molar-refractivity contribution < 1.29 is 0 Å². The molecule has 0 fully saturated rings. The minimum absolute atomic E-state index is 0.822. The van der Waals surface area contributed by atoms with Gasteiger partial charge in [0.25, 0.3) is 0 Å². The van der Waals surface area contributed by atoms with Crippen LogP contribution >= 0.6 is 0 Å². The average molecular weight is 270 g/mol. The number of nitrogens with one attached hydrogen (secondary N) is 1. The van der Waals surface area contributed by atoms with Crippen LogP contribution in [0.25, 0.3) is 0 Å². The van der Waals surface area contributed by atoms with Crippen molar-refractivity contribution in [1.82, 2.24) is 15.3 Å². The summed E-state index contributed by atoms with van der Waals surface area (Å²) in [5.74, 6) is 1.02. The summed E-state index contributed by atoms with van der Waals surface area (Å²) < 4.78 is 0. The zero-order valence-electron chi connectivity index (χ0n) is 12.2. The van der Waals surface area contributed by atoms with E-state index in [4.69, 9.17) is 0 Å². The van der Waals surface area contributed by atoms with Gasteiger partial charge in [0.15, 0.2) is 0 Å². The Bertz CT molecular complexity index is 513. The van der Waals surface area contributed by atoms with E-state index in [1.54, 1.807) is 0 Å². The molecule has 0 spiro atoms. The van der Waals surface area contributed by atoms with E-state index in [-0.39, 0.29) is 0 Å². The molecule has 4 nitrogen and oxygen atoms in total. The molecule has 0 aliphatic heterocycles. The number of nitrogens with zero attached hydrogens (tertiary/aromatic N) is 3. The van der Waals surface area contributed by atoms with E-state index in [9.17, 15) is 0 Å².